The van der Waals surface area contributed by atoms with Crippen LogP contribution in [0.2, 0.25) is 0 Å². The molecular weight excluding hydrogens is 491 g/mol. The Morgan fingerprint density at radius 1 is 1.08 bits per heavy atom. The molecule has 3 aromatic rings. The average molecular weight is 521 g/mol. The molecule has 2 amide bonds. The predicted octanol–water partition coefficient (Wildman–Crippen LogP) is 5.56. The molecule has 1 N–H and O–H groups in total. The molecule has 1 atom stereocenters. The summed E-state index contributed by atoms with van der Waals surface area (Å²) in [5, 5.41) is 3.02. The smallest absolute Gasteiger partial charge is 0.338 e. The number of hydrogen-bond acceptors (Lipinski definition) is 4. The molecule has 1 saturated carbocycles. The molecule has 37 heavy (non-hydrogen) atoms. The molecule has 0 radical (unpaired) electrons. The van der Waals surface area contributed by atoms with Gasteiger partial charge in [0.15, 0.2) is 4.90 Å². The molecule has 1 aliphatic carbocycles. The van der Waals surface area contributed by atoms with E-state index in [0.29, 0.717) is 24.2 Å². The lowest BCUT2D eigenvalue weighted by Gasteiger charge is -2.25. The van der Waals surface area contributed by atoms with E-state index in [1.807, 2.05) is 42.5 Å². The Morgan fingerprint density at radius 2 is 1.81 bits per heavy atom. The van der Waals surface area contributed by atoms with E-state index < -0.39 is 23.0 Å². The van der Waals surface area contributed by atoms with Crippen molar-refractivity contribution in [3.8, 4) is 11.1 Å². The fraction of sp³-hybridized carbons (Fsp3) is 0.310. The Labute approximate surface area is 219 Å². The molecule has 3 aromatic carbocycles. The van der Waals surface area contributed by atoms with Crippen molar-refractivity contribution in [3.63, 3.8) is 0 Å². The standard InChI is InChI=1S/C29H29FN2O4S/c1-36-27(33)23-11-8-21(30)16-24(23)20-7-12-26-25(15-20)29(13-3-4-14-29)18-32(26)28(34)31-17-19-5-9-22(10-6-19)37(2)35/h5-12,15-16H,3-4,13-14,17-18H2,1-2H3,(H,31,34). The van der Waals surface area contributed by atoms with E-state index in [1.54, 1.807) is 11.2 Å². The SMILES string of the molecule is COC(=O)c1ccc(F)cc1-c1ccc2c(c1)C1(CCCC1)CN2C(=O)NCc1ccc([S+](C)[O-])cc1. The maximum absolute atomic E-state index is 14.2. The zero-order valence-corrected chi connectivity index (χ0v) is 21.7. The van der Waals surface area contributed by atoms with Crippen LogP contribution in [0.3, 0.4) is 0 Å². The van der Waals surface area contributed by atoms with Gasteiger partial charge in [-0.2, -0.15) is 0 Å². The summed E-state index contributed by atoms with van der Waals surface area (Å²) >= 11 is -1.05. The number of anilines is 1. The Balaban J connectivity index is 1.44. The number of esters is 1. The van der Waals surface area contributed by atoms with Crippen LogP contribution < -0.4 is 10.2 Å². The first-order valence-corrected chi connectivity index (χ1v) is 13.9. The van der Waals surface area contributed by atoms with Crippen LogP contribution in [0.15, 0.2) is 65.6 Å². The summed E-state index contributed by atoms with van der Waals surface area (Å²) in [4.78, 5) is 28.2. The number of rotatable bonds is 5. The molecule has 8 heteroatoms. The second-order valence-corrected chi connectivity index (χ2v) is 11.1. The topological polar surface area (TPSA) is 81.7 Å². The third kappa shape index (κ3) is 4.83. The molecule has 2 aliphatic rings. The van der Waals surface area contributed by atoms with Crippen LogP contribution in [0.4, 0.5) is 14.9 Å². The highest BCUT2D eigenvalue weighted by Crippen LogP contribution is 2.51. The Bertz CT molecular complexity index is 1340. The first-order chi connectivity index (χ1) is 17.8. The maximum atomic E-state index is 14.2. The molecule has 0 saturated heterocycles. The molecule has 1 aliphatic heterocycles. The van der Waals surface area contributed by atoms with Crippen LogP contribution in [0.25, 0.3) is 11.1 Å². The van der Waals surface area contributed by atoms with Gasteiger partial charge in [0, 0.05) is 24.2 Å². The Morgan fingerprint density at radius 3 is 2.49 bits per heavy atom. The van der Waals surface area contributed by atoms with Crippen molar-refractivity contribution in [2.75, 3.05) is 24.8 Å². The Kier molecular flexibility index (Phi) is 6.96. The zero-order valence-electron chi connectivity index (χ0n) is 20.9. The minimum atomic E-state index is -1.05. The fourth-order valence-corrected chi connectivity index (χ4v) is 6.13. The van der Waals surface area contributed by atoms with E-state index in [1.165, 1.54) is 25.3 Å². The van der Waals surface area contributed by atoms with Crippen LogP contribution in [0.1, 0.15) is 47.2 Å². The second kappa shape index (κ2) is 10.2. The van der Waals surface area contributed by atoms with Gasteiger partial charge in [0.1, 0.15) is 12.1 Å². The number of benzene rings is 3. The number of urea groups is 1. The summed E-state index contributed by atoms with van der Waals surface area (Å²) in [6.07, 6.45) is 5.73. The van der Waals surface area contributed by atoms with Crippen molar-refractivity contribution in [2.45, 2.75) is 42.5 Å². The number of carbonyl (C=O) groups is 2. The van der Waals surface area contributed by atoms with E-state index in [0.717, 1.165) is 53.0 Å². The van der Waals surface area contributed by atoms with Crippen molar-refractivity contribution in [3.05, 3.63) is 83.2 Å². The van der Waals surface area contributed by atoms with Gasteiger partial charge in [-0.25, -0.2) is 14.0 Å². The van der Waals surface area contributed by atoms with E-state index in [2.05, 4.69) is 5.32 Å². The second-order valence-electron chi connectivity index (χ2n) is 9.74. The van der Waals surface area contributed by atoms with Gasteiger partial charge in [-0.15, -0.1) is 0 Å². The molecule has 6 nitrogen and oxygen atoms in total. The number of nitrogens with zero attached hydrogens (tertiary/aromatic N) is 1. The molecule has 1 fully saturated rings. The normalized spacial score (nSPS) is 16.5. The van der Waals surface area contributed by atoms with Gasteiger partial charge < -0.3 is 14.6 Å². The molecule has 5 rings (SSSR count). The van der Waals surface area contributed by atoms with Crippen molar-refractivity contribution in [1.82, 2.24) is 5.32 Å². The lowest BCUT2D eigenvalue weighted by atomic mass is 9.79. The van der Waals surface area contributed by atoms with Gasteiger partial charge in [-0.3, -0.25) is 4.90 Å². The van der Waals surface area contributed by atoms with E-state index in [4.69, 9.17) is 4.74 Å². The number of fused-ring (bicyclic) bond motifs is 2. The van der Waals surface area contributed by atoms with Crippen LogP contribution in [0.5, 0.6) is 0 Å². The molecule has 192 valence electrons. The van der Waals surface area contributed by atoms with Crippen LogP contribution in [0, 0.1) is 5.82 Å². The number of halogens is 1. The molecule has 1 heterocycles. The minimum absolute atomic E-state index is 0.158. The third-order valence-electron chi connectivity index (χ3n) is 7.52. The quantitative estimate of drug-likeness (QED) is 0.353. The molecule has 0 aromatic heterocycles. The third-order valence-corrected chi connectivity index (χ3v) is 8.46. The summed E-state index contributed by atoms with van der Waals surface area (Å²) in [7, 11) is 1.31. The van der Waals surface area contributed by atoms with Gasteiger partial charge in [0.05, 0.1) is 12.7 Å². The number of nitrogens with one attached hydrogen (secondary N) is 1. The summed E-state index contributed by atoms with van der Waals surface area (Å²) < 4.78 is 30.7. The Hall–Kier alpha value is -3.36. The molecule has 1 spiro atoms. The van der Waals surface area contributed by atoms with Gasteiger partial charge in [0.2, 0.25) is 0 Å². The number of hydrogen-bond donors (Lipinski definition) is 1. The van der Waals surface area contributed by atoms with Crippen molar-refractivity contribution < 1.29 is 23.3 Å². The highest BCUT2D eigenvalue weighted by atomic mass is 32.2. The number of carbonyl (C=O) groups excluding carboxylic acids is 2. The predicted molar refractivity (Wildman–Crippen MR) is 142 cm³/mol. The first kappa shape index (κ1) is 25.3. The molecular formula is C29H29FN2O4S. The van der Waals surface area contributed by atoms with E-state index >= 15 is 0 Å². The van der Waals surface area contributed by atoms with Gasteiger partial charge in [-0.05, 0) is 88.7 Å². The highest BCUT2D eigenvalue weighted by Gasteiger charge is 2.46. The summed E-state index contributed by atoms with van der Waals surface area (Å²) in [5.74, 6) is -0.955. The van der Waals surface area contributed by atoms with Crippen LogP contribution >= 0.6 is 0 Å². The fourth-order valence-electron chi connectivity index (χ4n) is 5.61. The number of methoxy groups -OCH3 is 1. The van der Waals surface area contributed by atoms with Gasteiger partial charge in [-0.1, -0.05) is 31.0 Å². The molecule has 0 bridgehead atoms. The highest BCUT2D eigenvalue weighted by molar-refractivity contribution is 7.90. The minimum Gasteiger partial charge on any atom is -0.612 e. The van der Waals surface area contributed by atoms with Gasteiger partial charge in [0.25, 0.3) is 0 Å². The lowest BCUT2D eigenvalue weighted by molar-refractivity contribution is 0.0601. The zero-order chi connectivity index (χ0) is 26.2. The summed E-state index contributed by atoms with van der Waals surface area (Å²) in [5.41, 5.74) is 4.17. The van der Waals surface area contributed by atoms with E-state index in [-0.39, 0.29) is 11.4 Å². The monoisotopic (exact) mass is 520 g/mol. The van der Waals surface area contributed by atoms with Crippen molar-refractivity contribution in [2.24, 2.45) is 0 Å². The van der Waals surface area contributed by atoms with Crippen molar-refractivity contribution in [1.29, 1.82) is 0 Å². The average Bonchev–Trinajstić information content (AvgIpc) is 3.52. The van der Waals surface area contributed by atoms with Gasteiger partial charge >= 0.3 is 12.0 Å². The lowest BCUT2D eigenvalue weighted by Crippen LogP contribution is -2.41. The molecule has 1 unspecified atom stereocenters. The summed E-state index contributed by atoms with van der Waals surface area (Å²) in [6.45, 7) is 0.941. The summed E-state index contributed by atoms with van der Waals surface area (Å²) in [6, 6.07) is 17.0. The first-order valence-electron chi connectivity index (χ1n) is 12.3. The van der Waals surface area contributed by atoms with Crippen molar-refractivity contribution >= 4 is 28.9 Å². The number of amides is 2. The van der Waals surface area contributed by atoms with Crippen LogP contribution in [-0.4, -0.2) is 36.5 Å². The van der Waals surface area contributed by atoms with E-state index in [9.17, 15) is 18.5 Å². The largest absolute Gasteiger partial charge is 0.612 e. The van der Waals surface area contributed by atoms with Crippen LogP contribution in [-0.2, 0) is 27.9 Å². The number of ether oxygens (including phenoxy) is 1. The maximum Gasteiger partial charge on any atom is 0.338 e.